The molecule has 0 aromatic carbocycles. The van der Waals surface area contributed by atoms with Gasteiger partial charge in [-0.2, -0.15) is 0 Å². The zero-order valence-electron chi connectivity index (χ0n) is 7.06. The van der Waals surface area contributed by atoms with Crippen molar-refractivity contribution >= 4 is 31.9 Å². The van der Waals surface area contributed by atoms with Gasteiger partial charge in [-0.25, -0.2) is 0 Å². The maximum atomic E-state index is 3.74. The average molecular weight is 292 g/mol. The lowest BCUT2D eigenvalue weighted by molar-refractivity contribution is 0.442. The third kappa shape index (κ3) is 1.07. The normalized spacial score (nSPS) is 37.1. The van der Waals surface area contributed by atoms with Crippen LogP contribution >= 0.6 is 31.9 Å². The molecule has 0 radical (unpaired) electrons. The van der Waals surface area contributed by atoms with Crippen LogP contribution in [0.4, 0.5) is 0 Å². The molecule has 2 bridgehead atoms. The first kappa shape index (κ1) is 9.01. The first-order valence-corrected chi connectivity index (χ1v) is 5.97. The molecule has 0 spiro atoms. The minimum Gasteiger partial charge on any atom is -0.0877 e. The van der Waals surface area contributed by atoms with Crippen molar-refractivity contribution in [3.8, 4) is 0 Å². The molecule has 0 heterocycles. The molecule has 3 saturated carbocycles. The van der Waals surface area contributed by atoms with E-state index in [4.69, 9.17) is 0 Å². The number of rotatable bonds is 1. The highest BCUT2D eigenvalue weighted by Gasteiger charge is 2.59. The van der Waals surface area contributed by atoms with Crippen LogP contribution < -0.4 is 0 Å². The van der Waals surface area contributed by atoms with Crippen molar-refractivity contribution in [2.45, 2.75) is 23.0 Å². The highest BCUT2D eigenvalue weighted by atomic mass is 79.9. The summed E-state index contributed by atoms with van der Waals surface area (Å²) in [6, 6.07) is 0. The van der Waals surface area contributed by atoms with E-state index in [0.717, 1.165) is 11.8 Å². The lowest BCUT2D eigenvalue weighted by atomic mass is 9.77. The second kappa shape index (κ2) is 2.98. The summed E-state index contributed by atoms with van der Waals surface area (Å²) < 4.78 is 0.243. The van der Waals surface area contributed by atoms with Crippen LogP contribution in [0.15, 0.2) is 23.8 Å². The van der Waals surface area contributed by atoms with Gasteiger partial charge in [0.2, 0.25) is 0 Å². The largest absolute Gasteiger partial charge is 0.0935 e. The van der Waals surface area contributed by atoms with Crippen molar-refractivity contribution in [2.24, 2.45) is 11.8 Å². The van der Waals surface area contributed by atoms with E-state index in [1.807, 2.05) is 0 Å². The van der Waals surface area contributed by atoms with Crippen molar-refractivity contribution in [1.29, 1.82) is 0 Å². The molecule has 0 aromatic heterocycles. The Hall–Kier alpha value is 0.440. The highest BCUT2D eigenvalue weighted by Crippen LogP contribution is 2.67. The van der Waals surface area contributed by atoms with Gasteiger partial charge in [0.15, 0.2) is 0 Å². The Morgan fingerprint density at radius 1 is 1.33 bits per heavy atom. The first-order valence-electron chi connectivity index (χ1n) is 4.38. The van der Waals surface area contributed by atoms with E-state index in [9.17, 15) is 0 Å². The predicted octanol–water partition coefficient (Wildman–Crippen LogP) is 4.01. The topological polar surface area (TPSA) is 0 Å². The second-order valence-corrected chi connectivity index (χ2v) is 7.24. The Morgan fingerprint density at radius 3 is 2.33 bits per heavy atom. The summed E-state index contributed by atoms with van der Waals surface area (Å²) in [6.45, 7) is 2.06. The van der Waals surface area contributed by atoms with Gasteiger partial charge in [0.25, 0.3) is 0 Å². The molecule has 3 aliphatic rings. The SMILES string of the molecule is C/C=C/C=C1C2CCC1C2(Br)Br. The first-order chi connectivity index (χ1) is 5.68. The molecule has 2 heteroatoms. The van der Waals surface area contributed by atoms with Crippen LogP contribution in [-0.4, -0.2) is 3.23 Å². The van der Waals surface area contributed by atoms with Crippen molar-refractivity contribution < 1.29 is 0 Å². The van der Waals surface area contributed by atoms with E-state index in [-0.39, 0.29) is 3.23 Å². The molecular formula is C10H12Br2. The van der Waals surface area contributed by atoms with Crippen LogP contribution in [-0.2, 0) is 0 Å². The van der Waals surface area contributed by atoms with E-state index in [0.29, 0.717) is 0 Å². The molecule has 3 rings (SSSR count). The van der Waals surface area contributed by atoms with Gasteiger partial charge < -0.3 is 0 Å². The molecule has 2 atom stereocenters. The van der Waals surface area contributed by atoms with Gasteiger partial charge in [0, 0.05) is 11.8 Å². The smallest absolute Gasteiger partial charge is 0.0877 e. The molecule has 3 fully saturated rings. The fourth-order valence-corrected chi connectivity index (χ4v) is 4.30. The minimum absolute atomic E-state index is 0.243. The molecule has 2 unspecified atom stereocenters. The number of hydrogen-bond donors (Lipinski definition) is 0. The maximum absolute atomic E-state index is 3.74. The van der Waals surface area contributed by atoms with Crippen molar-refractivity contribution in [1.82, 2.24) is 0 Å². The van der Waals surface area contributed by atoms with E-state index >= 15 is 0 Å². The molecule has 66 valence electrons. The van der Waals surface area contributed by atoms with Gasteiger partial charge in [-0.15, -0.1) is 0 Å². The molecule has 0 saturated heterocycles. The second-order valence-electron chi connectivity index (χ2n) is 3.55. The molecule has 12 heavy (non-hydrogen) atoms. The average Bonchev–Trinajstić information content (AvgIpc) is 2.56. The van der Waals surface area contributed by atoms with Gasteiger partial charge in [-0.3, -0.25) is 0 Å². The van der Waals surface area contributed by atoms with Crippen molar-refractivity contribution in [3.63, 3.8) is 0 Å². The summed E-state index contributed by atoms with van der Waals surface area (Å²) in [5.41, 5.74) is 1.63. The molecule has 3 aliphatic carbocycles. The van der Waals surface area contributed by atoms with Gasteiger partial charge in [-0.1, -0.05) is 55.7 Å². The minimum atomic E-state index is 0.243. The standard InChI is InChI=1S/C10H12Br2/c1-2-3-4-7-8-5-6-9(7)10(8,11)12/h2-4,8-9H,5-6H2,1H3/b3-2+,7-4?. The third-order valence-corrected chi connectivity index (χ3v) is 5.17. The Bertz CT molecular complexity index is 235. The van der Waals surface area contributed by atoms with Crippen LogP contribution in [0.5, 0.6) is 0 Å². The van der Waals surface area contributed by atoms with Crippen molar-refractivity contribution in [2.75, 3.05) is 0 Å². The van der Waals surface area contributed by atoms with Crippen LogP contribution in [0.2, 0.25) is 0 Å². The number of alkyl halides is 2. The maximum Gasteiger partial charge on any atom is 0.0935 e. The lowest BCUT2D eigenvalue weighted by Crippen LogP contribution is -2.40. The Balaban J connectivity index is 2.18. The molecule has 0 nitrogen and oxygen atoms in total. The van der Waals surface area contributed by atoms with Gasteiger partial charge in [-0.05, 0) is 19.8 Å². The summed E-state index contributed by atoms with van der Waals surface area (Å²) in [6.07, 6.45) is 9.20. The molecular weight excluding hydrogens is 280 g/mol. The monoisotopic (exact) mass is 290 g/mol. The summed E-state index contributed by atoms with van der Waals surface area (Å²) in [4.78, 5) is 0. The molecule has 0 amide bonds. The van der Waals surface area contributed by atoms with Crippen LogP contribution in [0, 0.1) is 11.8 Å². The van der Waals surface area contributed by atoms with Crippen molar-refractivity contribution in [3.05, 3.63) is 23.8 Å². The third-order valence-electron chi connectivity index (χ3n) is 2.96. The van der Waals surface area contributed by atoms with E-state index in [2.05, 4.69) is 57.0 Å². The van der Waals surface area contributed by atoms with Crippen LogP contribution in [0.1, 0.15) is 19.8 Å². The summed E-state index contributed by atoms with van der Waals surface area (Å²) in [5.74, 6) is 1.47. The van der Waals surface area contributed by atoms with Gasteiger partial charge in [0.1, 0.15) is 0 Å². The summed E-state index contributed by atoms with van der Waals surface area (Å²) in [7, 11) is 0. The van der Waals surface area contributed by atoms with Gasteiger partial charge >= 0.3 is 0 Å². The molecule has 0 N–H and O–H groups in total. The van der Waals surface area contributed by atoms with E-state index in [1.54, 1.807) is 5.57 Å². The zero-order chi connectivity index (χ0) is 8.77. The fraction of sp³-hybridized carbons (Fsp3) is 0.600. The summed E-state index contributed by atoms with van der Waals surface area (Å²) in [5, 5.41) is 0. The Morgan fingerprint density at radius 2 is 1.92 bits per heavy atom. The quantitative estimate of drug-likeness (QED) is 0.640. The Labute approximate surface area is 90.4 Å². The number of allylic oxidation sites excluding steroid dienone is 4. The number of halogens is 2. The van der Waals surface area contributed by atoms with Gasteiger partial charge in [0.05, 0.1) is 3.23 Å². The number of hydrogen-bond acceptors (Lipinski definition) is 0. The number of fused-ring (bicyclic) bond motifs is 1. The van der Waals surface area contributed by atoms with Crippen LogP contribution in [0.3, 0.4) is 0 Å². The fourth-order valence-electron chi connectivity index (χ4n) is 2.33. The highest BCUT2D eigenvalue weighted by molar-refractivity contribution is 9.25. The van der Waals surface area contributed by atoms with Crippen LogP contribution in [0.25, 0.3) is 0 Å². The van der Waals surface area contributed by atoms with E-state index < -0.39 is 0 Å². The van der Waals surface area contributed by atoms with E-state index in [1.165, 1.54) is 12.8 Å². The predicted molar refractivity (Wildman–Crippen MR) is 59.7 cm³/mol. The zero-order valence-corrected chi connectivity index (χ0v) is 10.2. The molecule has 0 aromatic rings. The molecule has 0 aliphatic heterocycles. The summed E-state index contributed by atoms with van der Waals surface area (Å²) >= 11 is 7.48. The Kier molecular flexibility index (Phi) is 2.24. The lowest BCUT2D eigenvalue weighted by Gasteiger charge is -2.43.